The molecule has 0 atom stereocenters. The molecule has 1 aliphatic rings. The molecule has 0 saturated heterocycles. The Balaban J connectivity index is 1.59. The minimum Gasteiger partial charge on any atom is -0.384 e. The van der Waals surface area contributed by atoms with Gasteiger partial charge >= 0.3 is 0 Å². The Labute approximate surface area is 156 Å². The molecule has 0 unspecified atom stereocenters. The molecule has 1 heterocycles. The van der Waals surface area contributed by atoms with Crippen LogP contribution in [0.15, 0.2) is 30.5 Å². The lowest BCUT2D eigenvalue weighted by molar-refractivity contribution is 0.229. The molecule has 2 aromatic rings. The number of fused-ring (bicyclic) bond motifs is 1. The highest BCUT2D eigenvalue weighted by Gasteiger charge is 2.24. The highest BCUT2D eigenvalue weighted by molar-refractivity contribution is 6.31. The predicted octanol–water partition coefficient (Wildman–Crippen LogP) is 4.66. The van der Waals surface area contributed by atoms with Gasteiger partial charge in [0.15, 0.2) is 0 Å². The Morgan fingerprint density at radius 3 is 2.68 bits per heavy atom. The van der Waals surface area contributed by atoms with Crippen molar-refractivity contribution in [1.29, 1.82) is 0 Å². The summed E-state index contributed by atoms with van der Waals surface area (Å²) in [5.41, 5.74) is 2.17. The smallest absolute Gasteiger partial charge is 0.0737 e. The van der Waals surface area contributed by atoms with Crippen LogP contribution in [-0.4, -0.2) is 36.6 Å². The first kappa shape index (κ1) is 18.5. The maximum absolute atomic E-state index is 6.07. The monoisotopic (exact) mass is 354 g/mol. The third-order valence-electron chi connectivity index (χ3n) is 4.34. The average Bonchev–Trinajstić information content (AvgIpc) is 3.04. The number of benzene rings is 1. The van der Waals surface area contributed by atoms with Gasteiger partial charge in [0.2, 0.25) is 0 Å². The van der Waals surface area contributed by atoms with E-state index >= 15 is 0 Å². The van der Waals surface area contributed by atoms with E-state index in [0.717, 1.165) is 36.2 Å². The molecule has 3 nitrogen and oxygen atoms in total. The number of pyridine rings is 1. The molecule has 1 saturated carbocycles. The predicted molar refractivity (Wildman–Crippen MR) is 107 cm³/mol. The third-order valence-corrected chi connectivity index (χ3v) is 4.58. The van der Waals surface area contributed by atoms with Gasteiger partial charge in [0.1, 0.15) is 0 Å². The topological polar surface area (TPSA) is 28.2 Å². The lowest BCUT2D eigenvalue weighted by atomic mass is 9.92. The summed E-state index contributed by atoms with van der Waals surface area (Å²) in [4.78, 5) is 6.78. The SMILES string of the molecule is CN(C[C]1[CH][CH][CH][CH]1)CC(C)(C)CNc1ccnc2cc(Cl)ccc12. The van der Waals surface area contributed by atoms with Gasteiger partial charge in [-0.3, -0.25) is 4.98 Å². The van der Waals surface area contributed by atoms with Gasteiger partial charge in [-0.2, -0.15) is 0 Å². The molecule has 0 spiro atoms. The van der Waals surface area contributed by atoms with Gasteiger partial charge in [-0.1, -0.05) is 25.4 Å². The summed E-state index contributed by atoms with van der Waals surface area (Å²) in [7, 11) is 2.18. The van der Waals surface area contributed by atoms with Gasteiger partial charge < -0.3 is 10.2 Å². The van der Waals surface area contributed by atoms with Crippen LogP contribution in [0.2, 0.25) is 5.02 Å². The fraction of sp³-hybridized carbons (Fsp3) is 0.333. The molecule has 1 aromatic heterocycles. The zero-order valence-corrected chi connectivity index (χ0v) is 15.8. The van der Waals surface area contributed by atoms with Gasteiger partial charge in [0.05, 0.1) is 5.52 Å². The van der Waals surface area contributed by atoms with Gasteiger partial charge in [0, 0.05) is 41.9 Å². The van der Waals surface area contributed by atoms with E-state index in [1.807, 2.05) is 30.5 Å². The third kappa shape index (κ3) is 5.08. The van der Waals surface area contributed by atoms with Crippen molar-refractivity contribution in [2.75, 3.05) is 32.0 Å². The van der Waals surface area contributed by atoms with Crippen LogP contribution >= 0.6 is 11.6 Å². The van der Waals surface area contributed by atoms with Crippen molar-refractivity contribution in [1.82, 2.24) is 9.88 Å². The summed E-state index contributed by atoms with van der Waals surface area (Å²) < 4.78 is 0. The highest BCUT2D eigenvalue weighted by Crippen LogP contribution is 2.27. The Hall–Kier alpha value is -1.32. The minimum absolute atomic E-state index is 0.142. The van der Waals surface area contributed by atoms with E-state index in [2.05, 4.69) is 61.8 Å². The number of nitrogens with one attached hydrogen (secondary N) is 1. The number of halogens is 1. The van der Waals surface area contributed by atoms with Crippen LogP contribution in [0.4, 0.5) is 5.69 Å². The number of aromatic nitrogens is 1. The molecular weight excluding hydrogens is 330 g/mol. The largest absolute Gasteiger partial charge is 0.384 e. The van der Waals surface area contributed by atoms with Crippen molar-refractivity contribution in [2.45, 2.75) is 13.8 Å². The molecule has 25 heavy (non-hydrogen) atoms. The average molecular weight is 355 g/mol. The van der Waals surface area contributed by atoms with Crippen LogP contribution in [0.1, 0.15) is 13.8 Å². The number of rotatable bonds is 7. The Bertz CT molecular complexity index is 707. The minimum atomic E-state index is 0.142. The molecule has 1 fully saturated rings. The first-order chi connectivity index (χ1) is 11.9. The molecule has 1 aromatic carbocycles. The molecule has 131 valence electrons. The maximum Gasteiger partial charge on any atom is 0.0737 e. The van der Waals surface area contributed by atoms with Crippen LogP contribution in [0, 0.1) is 37.0 Å². The van der Waals surface area contributed by atoms with Crippen LogP contribution < -0.4 is 5.32 Å². The molecule has 3 rings (SSSR count). The number of hydrogen-bond donors (Lipinski definition) is 1. The highest BCUT2D eigenvalue weighted by atomic mass is 35.5. The van der Waals surface area contributed by atoms with E-state index in [0.29, 0.717) is 5.02 Å². The maximum atomic E-state index is 6.07. The number of hydrogen-bond acceptors (Lipinski definition) is 3. The van der Waals surface area contributed by atoms with E-state index in [4.69, 9.17) is 11.6 Å². The second-order valence-electron chi connectivity index (χ2n) is 7.50. The summed E-state index contributed by atoms with van der Waals surface area (Å²) in [6.45, 7) is 7.47. The second-order valence-corrected chi connectivity index (χ2v) is 7.94. The standard InChI is InChI=1S/C21H25ClN3/c1-21(2,15-25(3)13-16-6-4-5-7-16)14-24-19-10-11-23-20-12-17(22)8-9-18(19)20/h4-12H,13-15H2,1-3H3,(H,23,24). The first-order valence-electron chi connectivity index (χ1n) is 8.60. The summed E-state index contributed by atoms with van der Waals surface area (Å²) in [6, 6.07) is 7.87. The van der Waals surface area contributed by atoms with E-state index in [-0.39, 0.29) is 5.41 Å². The summed E-state index contributed by atoms with van der Waals surface area (Å²) in [5.74, 6) is 1.36. The number of nitrogens with zero attached hydrogens (tertiary/aromatic N) is 2. The fourth-order valence-corrected chi connectivity index (χ4v) is 3.45. The Kier molecular flexibility index (Phi) is 5.85. The van der Waals surface area contributed by atoms with E-state index in [1.165, 1.54) is 5.92 Å². The van der Waals surface area contributed by atoms with Crippen molar-refractivity contribution in [3.05, 3.63) is 67.1 Å². The van der Waals surface area contributed by atoms with E-state index in [9.17, 15) is 0 Å². The van der Waals surface area contributed by atoms with Crippen LogP contribution in [0.3, 0.4) is 0 Å². The lowest BCUT2D eigenvalue weighted by Gasteiger charge is -2.32. The van der Waals surface area contributed by atoms with Gasteiger partial charge in [-0.15, -0.1) is 0 Å². The van der Waals surface area contributed by atoms with Crippen molar-refractivity contribution in [3.8, 4) is 0 Å². The van der Waals surface area contributed by atoms with Crippen LogP contribution in [0.5, 0.6) is 0 Å². The molecule has 1 aliphatic carbocycles. The molecule has 0 amide bonds. The van der Waals surface area contributed by atoms with Gasteiger partial charge in [-0.05, 0) is 68.3 Å². The fourth-order valence-electron chi connectivity index (χ4n) is 3.28. The Morgan fingerprint density at radius 1 is 1.16 bits per heavy atom. The molecule has 1 N–H and O–H groups in total. The molecular formula is C21H25ClN3. The van der Waals surface area contributed by atoms with Crippen molar-refractivity contribution in [2.24, 2.45) is 5.41 Å². The molecule has 4 heteroatoms. The van der Waals surface area contributed by atoms with E-state index < -0.39 is 0 Å². The second kappa shape index (κ2) is 7.92. The van der Waals surface area contributed by atoms with Crippen molar-refractivity contribution >= 4 is 28.2 Å². The lowest BCUT2D eigenvalue weighted by Crippen LogP contribution is -2.38. The number of anilines is 1. The van der Waals surface area contributed by atoms with E-state index in [1.54, 1.807) is 0 Å². The zero-order chi connectivity index (χ0) is 17.9. The van der Waals surface area contributed by atoms with Crippen molar-refractivity contribution < 1.29 is 0 Å². The molecule has 0 aliphatic heterocycles. The van der Waals surface area contributed by atoms with Crippen molar-refractivity contribution in [3.63, 3.8) is 0 Å². The van der Waals surface area contributed by atoms with Gasteiger partial charge in [0.25, 0.3) is 0 Å². The van der Waals surface area contributed by atoms with Gasteiger partial charge in [-0.25, -0.2) is 0 Å². The first-order valence-corrected chi connectivity index (χ1v) is 8.98. The summed E-state index contributed by atoms with van der Waals surface area (Å²) in [5, 5.41) is 5.42. The molecule has 5 radical (unpaired) electrons. The normalized spacial score (nSPS) is 16.0. The summed E-state index contributed by atoms with van der Waals surface area (Å²) in [6.07, 6.45) is 10.4. The summed E-state index contributed by atoms with van der Waals surface area (Å²) >= 11 is 6.07. The van der Waals surface area contributed by atoms with Crippen LogP contribution in [-0.2, 0) is 0 Å². The molecule has 0 bridgehead atoms. The quantitative estimate of drug-likeness (QED) is 0.783. The zero-order valence-electron chi connectivity index (χ0n) is 15.1. The van der Waals surface area contributed by atoms with Crippen LogP contribution in [0.25, 0.3) is 10.9 Å². The Morgan fingerprint density at radius 2 is 1.92 bits per heavy atom.